The topological polar surface area (TPSA) is 49.4 Å². The monoisotopic (exact) mass is 418 g/mol. The lowest BCUT2D eigenvalue weighted by molar-refractivity contribution is -0.141. The normalized spacial score (nSPS) is 12.9. The Labute approximate surface area is 177 Å². The number of hydrogen-bond acceptors (Lipinski definition) is 2. The van der Waals surface area contributed by atoms with Gasteiger partial charge in [-0.1, -0.05) is 61.8 Å². The zero-order valence-electron chi connectivity index (χ0n) is 17.1. The lowest BCUT2D eigenvalue weighted by atomic mass is 10.1. The van der Waals surface area contributed by atoms with Crippen molar-refractivity contribution < 1.29 is 14.0 Å². The zero-order valence-corrected chi connectivity index (χ0v) is 17.9. The molecule has 29 heavy (non-hydrogen) atoms. The number of nitrogens with one attached hydrogen (secondary N) is 1. The predicted octanol–water partition coefficient (Wildman–Crippen LogP) is 4.74. The van der Waals surface area contributed by atoms with Gasteiger partial charge < -0.3 is 10.2 Å². The molecule has 0 saturated carbocycles. The maximum Gasteiger partial charge on any atom is 0.243 e. The molecular formula is C23H28ClFN2O2. The maximum atomic E-state index is 14.2. The third kappa shape index (κ3) is 6.29. The first-order valence-corrected chi connectivity index (χ1v) is 10.3. The van der Waals surface area contributed by atoms with Crippen LogP contribution in [0.4, 0.5) is 4.39 Å². The van der Waals surface area contributed by atoms with E-state index in [0.29, 0.717) is 6.42 Å². The van der Waals surface area contributed by atoms with Gasteiger partial charge in [-0.2, -0.15) is 0 Å². The predicted molar refractivity (Wildman–Crippen MR) is 114 cm³/mol. The molecule has 2 atom stereocenters. The highest BCUT2D eigenvalue weighted by Gasteiger charge is 2.30. The average Bonchev–Trinajstić information content (AvgIpc) is 2.71. The smallest absolute Gasteiger partial charge is 0.243 e. The van der Waals surface area contributed by atoms with Crippen molar-refractivity contribution in [1.29, 1.82) is 0 Å². The minimum atomic E-state index is -0.651. The van der Waals surface area contributed by atoms with E-state index in [1.54, 1.807) is 6.07 Å². The molecule has 0 radical (unpaired) electrons. The number of carbonyl (C=O) groups excluding carboxylic acids is 2. The fourth-order valence-electron chi connectivity index (χ4n) is 3.09. The lowest BCUT2D eigenvalue weighted by Gasteiger charge is -2.31. The molecule has 2 amide bonds. The molecule has 0 aromatic heterocycles. The summed E-state index contributed by atoms with van der Waals surface area (Å²) < 4.78 is 14.2. The van der Waals surface area contributed by atoms with E-state index in [4.69, 9.17) is 11.6 Å². The lowest BCUT2D eigenvalue weighted by Crippen LogP contribution is -2.51. The van der Waals surface area contributed by atoms with E-state index in [-0.39, 0.29) is 41.4 Å². The molecule has 0 aliphatic rings. The molecule has 0 fully saturated rings. The Balaban J connectivity index is 2.32. The largest absolute Gasteiger partial charge is 0.352 e. The average molecular weight is 419 g/mol. The Hall–Kier alpha value is -2.40. The van der Waals surface area contributed by atoms with Crippen LogP contribution >= 0.6 is 11.6 Å². The first kappa shape index (κ1) is 22.9. The molecule has 0 unspecified atom stereocenters. The molecule has 1 N–H and O–H groups in total. The standard InChI is InChI=1S/C23H28ClFN2O2/c1-4-16(3)26-23(29)21(5-2)27(15-17-10-7-6-8-11-17)22(28)14-18-19(24)12-9-13-20(18)25/h6-13,16,21H,4-5,14-15H2,1-3H3,(H,26,29)/t16-,21-/m0/s1. The van der Waals surface area contributed by atoms with Gasteiger partial charge in [-0.3, -0.25) is 9.59 Å². The van der Waals surface area contributed by atoms with Crippen LogP contribution in [0.5, 0.6) is 0 Å². The molecule has 0 bridgehead atoms. The summed E-state index contributed by atoms with van der Waals surface area (Å²) in [5, 5.41) is 3.16. The van der Waals surface area contributed by atoms with Crippen molar-refractivity contribution in [3.05, 3.63) is 70.5 Å². The first-order valence-electron chi connectivity index (χ1n) is 9.94. The fourth-order valence-corrected chi connectivity index (χ4v) is 3.32. The second-order valence-corrected chi connectivity index (χ2v) is 7.53. The molecular weight excluding hydrogens is 391 g/mol. The van der Waals surface area contributed by atoms with E-state index >= 15 is 0 Å². The number of amides is 2. The highest BCUT2D eigenvalue weighted by molar-refractivity contribution is 6.31. The number of benzene rings is 2. The van der Waals surface area contributed by atoms with Crippen molar-refractivity contribution in [2.45, 2.75) is 58.7 Å². The van der Waals surface area contributed by atoms with Crippen LogP contribution in [0.3, 0.4) is 0 Å². The maximum absolute atomic E-state index is 14.2. The molecule has 2 aromatic rings. The van der Waals surface area contributed by atoms with Gasteiger partial charge in [0.1, 0.15) is 11.9 Å². The van der Waals surface area contributed by atoms with Crippen molar-refractivity contribution in [1.82, 2.24) is 10.2 Å². The van der Waals surface area contributed by atoms with Gasteiger partial charge >= 0.3 is 0 Å². The molecule has 0 aliphatic heterocycles. The van der Waals surface area contributed by atoms with Crippen LogP contribution in [-0.4, -0.2) is 28.8 Å². The van der Waals surface area contributed by atoms with Gasteiger partial charge in [0, 0.05) is 23.2 Å². The number of halogens is 2. The van der Waals surface area contributed by atoms with E-state index in [0.717, 1.165) is 12.0 Å². The summed E-state index contributed by atoms with van der Waals surface area (Å²) >= 11 is 6.11. The summed E-state index contributed by atoms with van der Waals surface area (Å²) in [6, 6.07) is 13.1. The Bertz CT molecular complexity index is 809. The number of carbonyl (C=O) groups is 2. The summed E-state index contributed by atoms with van der Waals surface area (Å²) in [7, 11) is 0. The third-order valence-electron chi connectivity index (χ3n) is 4.97. The molecule has 6 heteroatoms. The number of nitrogens with zero attached hydrogens (tertiary/aromatic N) is 1. The summed E-state index contributed by atoms with van der Waals surface area (Å²) in [5.74, 6) is -1.07. The van der Waals surface area contributed by atoms with Gasteiger partial charge in [0.25, 0.3) is 0 Å². The van der Waals surface area contributed by atoms with Crippen molar-refractivity contribution in [2.24, 2.45) is 0 Å². The second kappa shape index (κ2) is 11.0. The van der Waals surface area contributed by atoms with Gasteiger partial charge in [-0.25, -0.2) is 4.39 Å². The van der Waals surface area contributed by atoms with E-state index < -0.39 is 11.9 Å². The molecule has 2 rings (SSSR count). The van der Waals surface area contributed by atoms with Crippen molar-refractivity contribution in [3.8, 4) is 0 Å². The van der Waals surface area contributed by atoms with E-state index in [9.17, 15) is 14.0 Å². The molecule has 156 valence electrons. The fraction of sp³-hybridized carbons (Fsp3) is 0.391. The first-order chi connectivity index (χ1) is 13.9. The quantitative estimate of drug-likeness (QED) is 0.639. The van der Waals surface area contributed by atoms with Gasteiger partial charge in [-0.05, 0) is 37.5 Å². The summed E-state index contributed by atoms with van der Waals surface area (Å²) in [4.78, 5) is 27.6. The van der Waals surface area contributed by atoms with Crippen LogP contribution in [0.25, 0.3) is 0 Å². The molecule has 0 aliphatic carbocycles. The molecule has 4 nitrogen and oxygen atoms in total. The highest BCUT2D eigenvalue weighted by Crippen LogP contribution is 2.22. The molecule has 0 heterocycles. The van der Waals surface area contributed by atoms with Crippen molar-refractivity contribution in [3.63, 3.8) is 0 Å². The van der Waals surface area contributed by atoms with E-state index in [1.807, 2.05) is 51.1 Å². The highest BCUT2D eigenvalue weighted by atomic mass is 35.5. The van der Waals surface area contributed by atoms with Crippen molar-refractivity contribution >= 4 is 23.4 Å². The Morgan fingerprint density at radius 3 is 2.34 bits per heavy atom. The molecule has 0 spiro atoms. The van der Waals surface area contributed by atoms with Gasteiger partial charge in [0.05, 0.1) is 6.42 Å². The van der Waals surface area contributed by atoms with Crippen LogP contribution in [0.1, 0.15) is 44.7 Å². The molecule has 0 saturated heterocycles. The van der Waals surface area contributed by atoms with Gasteiger partial charge in [-0.15, -0.1) is 0 Å². The SMILES string of the molecule is CC[C@H](C)NC(=O)[C@H](CC)N(Cc1ccccc1)C(=O)Cc1c(F)cccc1Cl. The summed E-state index contributed by atoms with van der Waals surface area (Å²) in [6.07, 6.45) is 1.04. The van der Waals surface area contributed by atoms with E-state index in [1.165, 1.54) is 17.0 Å². The molecule has 2 aromatic carbocycles. The second-order valence-electron chi connectivity index (χ2n) is 7.13. The number of rotatable bonds is 9. The minimum Gasteiger partial charge on any atom is -0.352 e. The zero-order chi connectivity index (χ0) is 21.4. The summed E-state index contributed by atoms with van der Waals surface area (Å²) in [5.41, 5.74) is 1.05. The third-order valence-corrected chi connectivity index (χ3v) is 5.33. The van der Waals surface area contributed by atoms with Crippen LogP contribution in [-0.2, 0) is 22.6 Å². The number of hydrogen-bond donors (Lipinski definition) is 1. The van der Waals surface area contributed by atoms with Crippen LogP contribution in [0, 0.1) is 5.82 Å². The van der Waals surface area contributed by atoms with Crippen LogP contribution in [0.2, 0.25) is 5.02 Å². The minimum absolute atomic E-state index is 0.00578. The summed E-state index contributed by atoms with van der Waals surface area (Å²) in [6.45, 7) is 6.03. The Kier molecular flexibility index (Phi) is 8.65. The Morgan fingerprint density at radius 1 is 1.07 bits per heavy atom. The van der Waals surface area contributed by atoms with Gasteiger partial charge in [0.15, 0.2) is 0 Å². The van der Waals surface area contributed by atoms with Crippen LogP contribution < -0.4 is 5.32 Å². The van der Waals surface area contributed by atoms with Gasteiger partial charge in [0.2, 0.25) is 11.8 Å². The van der Waals surface area contributed by atoms with E-state index in [2.05, 4.69) is 5.32 Å². The Morgan fingerprint density at radius 2 is 1.76 bits per heavy atom. The van der Waals surface area contributed by atoms with Crippen molar-refractivity contribution in [2.75, 3.05) is 0 Å². The van der Waals surface area contributed by atoms with Crippen LogP contribution in [0.15, 0.2) is 48.5 Å².